The van der Waals surface area contributed by atoms with Crippen LogP contribution in [0.25, 0.3) is 0 Å². The van der Waals surface area contributed by atoms with Crippen LogP contribution in [-0.2, 0) is 19.3 Å². The lowest BCUT2D eigenvalue weighted by Gasteiger charge is -2.28. The summed E-state index contributed by atoms with van der Waals surface area (Å²) < 4.78 is 113. The van der Waals surface area contributed by atoms with Crippen molar-refractivity contribution in [3.63, 3.8) is 0 Å². The van der Waals surface area contributed by atoms with Gasteiger partial charge in [0.05, 0.1) is 11.7 Å². The van der Waals surface area contributed by atoms with Gasteiger partial charge in [-0.2, -0.15) is 35.1 Å². The molecule has 4 rings (SSSR count). The number of rotatable bonds is 11. The van der Waals surface area contributed by atoms with Gasteiger partial charge in [-0.05, 0) is 66.3 Å². The fourth-order valence-corrected chi connectivity index (χ4v) is 4.02. The molecule has 0 aromatic heterocycles. The second-order valence-corrected chi connectivity index (χ2v) is 9.53. The highest BCUT2D eigenvalue weighted by Crippen LogP contribution is 2.38. The number of hydrogen-bond acceptors (Lipinski definition) is 4. The van der Waals surface area contributed by atoms with E-state index in [0.29, 0.717) is 22.6 Å². The zero-order valence-electron chi connectivity index (χ0n) is 20.9. The Morgan fingerprint density at radius 2 is 1.45 bits per heavy atom. The Kier molecular flexibility index (Phi) is 8.48. The molecule has 0 aliphatic heterocycles. The van der Waals surface area contributed by atoms with Crippen LogP contribution in [0.5, 0.6) is 11.5 Å². The SMILES string of the molecule is OC(CN(Cc1cccc(OC(F)(F)C(F)(F)F)c1)c1cccc(OCc2cccc(C(F)(F)F)c2)c1)C1CC1. The average Bonchev–Trinajstić information content (AvgIpc) is 3.72. The van der Waals surface area contributed by atoms with E-state index in [9.17, 15) is 40.2 Å². The van der Waals surface area contributed by atoms with Gasteiger partial charge in [-0.3, -0.25) is 0 Å². The van der Waals surface area contributed by atoms with Crippen molar-refractivity contribution >= 4 is 5.69 Å². The first-order chi connectivity index (χ1) is 18.7. The van der Waals surface area contributed by atoms with E-state index in [1.165, 1.54) is 24.3 Å². The van der Waals surface area contributed by atoms with Gasteiger partial charge < -0.3 is 19.5 Å². The first-order valence-corrected chi connectivity index (χ1v) is 12.3. The maximum Gasteiger partial charge on any atom is 0.499 e. The summed E-state index contributed by atoms with van der Waals surface area (Å²) in [7, 11) is 0. The van der Waals surface area contributed by atoms with Crippen molar-refractivity contribution in [3.05, 3.63) is 89.5 Å². The Balaban J connectivity index is 1.52. The summed E-state index contributed by atoms with van der Waals surface area (Å²) in [5, 5.41) is 10.6. The molecule has 0 amide bonds. The van der Waals surface area contributed by atoms with Gasteiger partial charge in [-0.15, -0.1) is 0 Å². The number of anilines is 1. The lowest BCUT2D eigenvalue weighted by atomic mass is 10.1. The molecule has 1 aliphatic carbocycles. The van der Waals surface area contributed by atoms with E-state index >= 15 is 0 Å². The molecule has 1 unspecified atom stereocenters. The van der Waals surface area contributed by atoms with Gasteiger partial charge in [0, 0.05) is 24.8 Å². The number of benzene rings is 3. The van der Waals surface area contributed by atoms with E-state index in [1.54, 1.807) is 29.2 Å². The first kappa shape index (κ1) is 29.4. The molecule has 0 saturated heterocycles. The van der Waals surface area contributed by atoms with Crippen molar-refractivity contribution in [3.8, 4) is 11.5 Å². The molecule has 3 aromatic carbocycles. The Hall–Kier alpha value is -3.54. The maximum absolute atomic E-state index is 13.4. The average molecular weight is 575 g/mol. The molecular formula is C28H25F8NO3. The van der Waals surface area contributed by atoms with E-state index in [-0.39, 0.29) is 25.6 Å². The van der Waals surface area contributed by atoms with Gasteiger partial charge in [-0.25, -0.2) is 0 Å². The number of ether oxygens (including phenoxy) is 2. The molecule has 1 aliphatic rings. The summed E-state index contributed by atoms with van der Waals surface area (Å²) in [4.78, 5) is 1.71. The van der Waals surface area contributed by atoms with Gasteiger partial charge in [0.15, 0.2) is 0 Å². The molecular weight excluding hydrogens is 550 g/mol. The van der Waals surface area contributed by atoms with E-state index in [1.807, 2.05) is 0 Å². The third-order valence-corrected chi connectivity index (χ3v) is 6.26. The van der Waals surface area contributed by atoms with Crippen LogP contribution < -0.4 is 14.4 Å². The lowest BCUT2D eigenvalue weighted by molar-refractivity contribution is -0.360. The van der Waals surface area contributed by atoms with Crippen LogP contribution in [0, 0.1) is 5.92 Å². The minimum absolute atomic E-state index is 0.0235. The third kappa shape index (κ3) is 7.77. The molecule has 0 radical (unpaired) electrons. The third-order valence-electron chi connectivity index (χ3n) is 6.26. The number of alkyl halides is 8. The summed E-state index contributed by atoms with van der Waals surface area (Å²) in [6.45, 7) is 0.00602. The van der Waals surface area contributed by atoms with Crippen molar-refractivity contribution < 1.29 is 49.7 Å². The van der Waals surface area contributed by atoms with Gasteiger partial charge in [0.2, 0.25) is 0 Å². The highest BCUT2D eigenvalue weighted by molar-refractivity contribution is 5.52. The molecule has 4 nitrogen and oxygen atoms in total. The largest absolute Gasteiger partial charge is 0.499 e. The van der Waals surface area contributed by atoms with E-state index < -0.39 is 35.9 Å². The fraction of sp³-hybridized carbons (Fsp3) is 0.357. The number of aliphatic hydroxyl groups is 1. The molecule has 0 bridgehead atoms. The molecule has 40 heavy (non-hydrogen) atoms. The quantitative estimate of drug-likeness (QED) is 0.239. The summed E-state index contributed by atoms with van der Waals surface area (Å²) >= 11 is 0. The summed E-state index contributed by atoms with van der Waals surface area (Å²) in [5.74, 6) is -0.272. The second kappa shape index (κ2) is 11.5. The normalized spacial score (nSPS) is 15.0. The first-order valence-electron chi connectivity index (χ1n) is 12.3. The molecule has 1 saturated carbocycles. The van der Waals surface area contributed by atoms with Crippen molar-refractivity contribution in [2.45, 2.75) is 50.6 Å². The summed E-state index contributed by atoms with van der Waals surface area (Å²) in [6, 6.07) is 16.1. The number of hydrogen-bond donors (Lipinski definition) is 1. The minimum Gasteiger partial charge on any atom is -0.489 e. The fourth-order valence-electron chi connectivity index (χ4n) is 4.02. The van der Waals surface area contributed by atoms with Crippen molar-refractivity contribution in [1.82, 2.24) is 0 Å². The molecule has 1 fully saturated rings. The van der Waals surface area contributed by atoms with Crippen molar-refractivity contribution in [1.29, 1.82) is 0 Å². The number of halogens is 8. The Bertz CT molecular complexity index is 1290. The summed E-state index contributed by atoms with van der Waals surface area (Å²) in [6.07, 6.45) is -14.8. The zero-order chi connectivity index (χ0) is 29.1. The molecule has 1 atom stereocenters. The maximum atomic E-state index is 13.4. The van der Waals surface area contributed by atoms with Crippen LogP contribution in [-0.4, -0.2) is 30.0 Å². The van der Waals surface area contributed by atoms with Gasteiger partial charge >= 0.3 is 18.5 Å². The van der Waals surface area contributed by atoms with Crippen LogP contribution in [0.2, 0.25) is 0 Å². The topological polar surface area (TPSA) is 41.9 Å². The van der Waals surface area contributed by atoms with Crippen LogP contribution in [0.1, 0.15) is 29.5 Å². The van der Waals surface area contributed by atoms with Gasteiger partial charge in [0.25, 0.3) is 0 Å². The van der Waals surface area contributed by atoms with Crippen LogP contribution in [0.4, 0.5) is 40.8 Å². The molecule has 216 valence electrons. The lowest BCUT2D eigenvalue weighted by Crippen LogP contribution is -2.41. The van der Waals surface area contributed by atoms with Gasteiger partial charge in [-0.1, -0.05) is 30.3 Å². The van der Waals surface area contributed by atoms with E-state index in [2.05, 4.69) is 4.74 Å². The standard InChI is InChI=1S/C28H25F8NO3/c29-26(30,31)21-6-1-5-19(12-21)17-39-23-8-3-7-22(14-23)37(16-25(38)20-10-11-20)15-18-4-2-9-24(13-18)40-28(35,36)27(32,33)34/h1-9,12-14,20,25,38H,10-11,15-17H2. The van der Waals surface area contributed by atoms with Crippen LogP contribution in [0.3, 0.4) is 0 Å². The van der Waals surface area contributed by atoms with Crippen molar-refractivity contribution in [2.75, 3.05) is 11.4 Å². The minimum atomic E-state index is -5.89. The Morgan fingerprint density at radius 3 is 2.12 bits per heavy atom. The smallest absolute Gasteiger partial charge is 0.489 e. The number of nitrogens with zero attached hydrogens (tertiary/aromatic N) is 1. The van der Waals surface area contributed by atoms with E-state index in [4.69, 9.17) is 4.74 Å². The molecule has 0 spiro atoms. The van der Waals surface area contributed by atoms with Crippen molar-refractivity contribution in [2.24, 2.45) is 5.92 Å². The number of aliphatic hydroxyl groups excluding tert-OH is 1. The summed E-state index contributed by atoms with van der Waals surface area (Å²) in [5.41, 5.74) is 0.373. The highest BCUT2D eigenvalue weighted by atomic mass is 19.4. The predicted octanol–water partition coefficient (Wildman–Crippen LogP) is 7.60. The molecule has 1 N–H and O–H groups in total. The highest BCUT2D eigenvalue weighted by Gasteiger charge is 2.61. The Morgan fingerprint density at radius 1 is 0.800 bits per heavy atom. The molecule has 0 heterocycles. The van der Waals surface area contributed by atoms with Gasteiger partial charge in [0.1, 0.15) is 18.1 Å². The molecule has 12 heteroatoms. The monoisotopic (exact) mass is 575 g/mol. The van der Waals surface area contributed by atoms with E-state index in [0.717, 1.165) is 37.1 Å². The molecule has 3 aromatic rings. The Labute approximate surface area is 224 Å². The second-order valence-electron chi connectivity index (χ2n) is 9.53. The predicted molar refractivity (Wildman–Crippen MR) is 130 cm³/mol. The van der Waals surface area contributed by atoms with Crippen LogP contribution >= 0.6 is 0 Å². The zero-order valence-corrected chi connectivity index (χ0v) is 20.9. The van der Waals surface area contributed by atoms with Crippen LogP contribution in [0.15, 0.2) is 72.8 Å².